The average Bonchev–Trinajstić information content (AvgIpc) is 2.36. The Morgan fingerprint density at radius 1 is 1.56 bits per heavy atom. The lowest BCUT2D eigenvalue weighted by atomic mass is 10.2. The van der Waals surface area contributed by atoms with Crippen LogP contribution in [-0.2, 0) is 9.53 Å². The summed E-state index contributed by atoms with van der Waals surface area (Å²) in [6.07, 6.45) is 2.13. The summed E-state index contributed by atoms with van der Waals surface area (Å²) >= 11 is 0. The quantitative estimate of drug-likeness (QED) is 0.628. The Morgan fingerprint density at radius 3 is 2.83 bits per heavy atom. The van der Waals surface area contributed by atoms with Crippen molar-refractivity contribution in [3.8, 4) is 0 Å². The Labute approximate surface area is 106 Å². The third-order valence-electron chi connectivity index (χ3n) is 2.22. The molecule has 1 rings (SSSR count). The minimum Gasteiger partial charge on any atom is -0.449 e. The molecular weight excluding hydrogens is 232 g/mol. The van der Waals surface area contributed by atoms with Crippen LogP contribution in [0, 0.1) is 6.92 Å². The van der Waals surface area contributed by atoms with Gasteiger partial charge in [-0.25, -0.2) is 4.79 Å². The van der Waals surface area contributed by atoms with E-state index >= 15 is 0 Å². The Morgan fingerprint density at radius 2 is 2.28 bits per heavy atom. The van der Waals surface area contributed by atoms with Crippen molar-refractivity contribution >= 4 is 11.9 Å². The van der Waals surface area contributed by atoms with E-state index in [4.69, 9.17) is 4.74 Å². The van der Waals surface area contributed by atoms with E-state index in [1.54, 1.807) is 18.2 Å². The predicted octanol–water partition coefficient (Wildman–Crippen LogP) is 1.24. The lowest BCUT2D eigenvalue weighted by molar-refractivity contribution is -0.128. The summed E-state index contributed by atoms with van der Waals surface area (Å²) in [5.41, 5.74) is 1.13. The van der Waals surface area contributed by atoms with Crippen molar-refractivity contribution in [3.05, 3.63) is 42.2 Å². The van der Waals surface area contributed by atoms with Crippen molar-refractivity contribution in [2.45, 2.75) is 20.0 Å². The first-order chi connectivity index (χ1) is 8.54. The van der Waals surface area contributed by atoms with Gasteiger partial charge in [-0.2, -0.15) is 0 Å². The molecule has 0 aromatic carbocycles. The molecule has 0 saturated carbocycles. The van der Waals surface area contributed by atoms with Gasteiger partial charge in [-0.05, 0) is 26.0 Å². The van der Waals surface area contributed by atoms with Crippen molar-refractivity contribution in [3.63, 3.8) is 0 Å². The molecule has 1 atom stereocenters. The van der Waals surface area contributed by atoms with Crippen molar-refractivity contribution in [1.29, 1.82) is 0 Å². The second-order valence-corrected chi connectivity index (χ2v) is 3.77. The maximum absolute atomic E-state index is 11.7. The van der Waals surface area contributed by atoms with E-state index in [1.807, 2.05) is 6.92 Å². The molecule has 0 radical (unpaired) electrons. The first-order valence-corrected chi connectivity index (χ1v) is 5.57. The molecule has 0 aliphatic rings. The zero-order valence-corrected chi connectivity index (χ0v) is 10.5. The van der Waals surface area contributed by atoms with Gasteiger partial charge < -0.3 is 10.1 Å². The maximum atomic E-state index is 11.7. The molecule has 0 saturated heterocycles. The molecule has 0 fully saturated rings. The largest absolute Gasteiger partial charge is 0.449 e. The zero-order valence-electron chi connectivity index (χ0n) is 10.5. The zero-order chi connectivity index (χ0) is 13.5. The standard InChI is InChI=1S/C13H16N2O3/c1-4-7-14-12(16)10(3)18-13(17)11-6-5-9(2)15-8-11/h4-6,8,10H,1,7H2,2-3H3,(H,14,16). The highest BCUT2D eigenvalue weighted by Crippen LogP contribution is 2.04. The molecule has 1 heterocycles. The molecule has 0 bridgehead atoms. The minimum atomic E-state index is -0.848. The van der Waals surface area contributed by atoms with Crippen LogP contribution in [0.2, 0.25) is 0 Å². The van der Waals surface area contributed by atoms with Gasteiger partial charge in [-0.15, -0.1) is 6.58 Å². The summed E-state index contributed by atoms with van der Waals surface area (Å²) < 4.78 is 5.01. The van der Waals surface area contributed by atoms with E-state index in [-0.39, 0.29) is 5.91 Å². The number of rotatable bonds is 5. The number of amides is 1. The van der Waals surface area contributed by atoms with E-state index in [1.165, 1.54) is 13.1 Å². The average molecular weight is 248 g/mol. The van der Waals surface area contributed by atoms with E-state index in [9.17, 15) is 9.59 Å². The van der Waals surface area contributed by atoms with Gasteiger partial charge in [0.1, 0.15) is 0 Å². The lowest BCUT2D eigenvalue weighted by Gasteiger charge is -2.12. The van der Waals surface area contributed by atoms with Crippen molar-refractivity contribution in [2.75, 3.05) is 6.54 Å². The fraction of sp³-hybridized carbons (Fsp3) is 0.308. The Kier molecular flexibility index (Phi) is 5.05. The van der Waals surface area contributed by atoms with Gasteiger partial charge in [0.15, 0.2) is 6.10 Å². The highest BCUT2D eigenvalue weighted by Gasteiger charge is 2.18. The molecule has 96 valence electrons. The van der Waals surface area contributed by atoms with Gasteiger partial charge in [0.25, 0.3) is 5.91 Å². The van der Waals surface area contributed by atoms with E-state index in [0.717, 1.165) is 5.69 Å². The molecule has 0 aliphatic heterocycles. The number of carbonyl (C=O) groups is 2. The smallest absolute Gasteiger partial charge is 0.340 e. The van der Waals surface area contributed by atoms with Gasteiger partial charge in [0.2, 0.25) is 0 Å². The molecular formula is C13H16N2O3. The molecule has 1 amide bonds. The van der Waals surface area contributed by atoms with Gasteiger partial charge in [0, 0.05) is 18.4 Å². The number of nitrogens with one attached hydrogen (secondary N) is 1. The molecule has 0 aliphatic carbocycles. The molecule has 5 nitrogen and oxygen atoms in total. The van der Waals surface area contributed by atoms with Crippen molar-refractivity contribution in [2.24, 2.45) is 0 Å². The number of hydrogen-bond donors (Lipinski definition) is 1. The third-order valence-corrected chi connectivity index (χ3v) is 2.22. The molecule has 1 N–H and O–H groups in total. The SMILES string of the molecule is C=CCNC(=O)C(C)OC(=O)c1ccc(C)nc1. The van der Waals surface area contributed by atoms with Crippen LogP contribution in [0.25, 0.3) is 0 Å². The van der Waals surface area contributed by atoms with Crippen LogP contribution in [0.3, 0.4) is 0 Å². The summed E-state index contributed by atoms with van der Waals surface area (Å²) in [5.74, 6) is -0.924. The van der Waals surface area contributed by atoms with Crippen LogP contribution in [0.5, 0.6) is 0 Å². The van der Waals surface area contributed by atoms with Crippen LogP contribution >= 0.6 is 0 Å². The third kappa shape index (κ3) is 4.01. The fourth-order valence-corrected chi connectivity index (χ4v) is 1.19. The molecule has 5 heteroatoms. The predicted molar refractivity (Wildman–Crippen MR) is 67.1 cm³/mol. The molecule has 0 spiro atoms. The second kappa shape index (κ2) is 6.54. The van der Waals surface area contributed by atoms with Gasteiger partial charge in [0.05, 0.1) is 5.56 Å². The monoisotopic (exact) mass is 248 g/mol. The number of aromatic nitrogens is 1. The summed E-state index contributed by atoms with van der Waals surface area (Å²) in [6, 6.07) is 3.32. The molecule has 1 aromatic heterocycles. The molecule has 1 unspecified atom stereocenters. The van der Waals surface area contributed by atoms with Crippen LogP contribution in [-0.4, -0.2) is 29.5 Å². The minimum absolute atomic E-state index is 0.323. The highest BCUT2D eigenvalue weighted by molar-refractivity contribution is 5.91. The summed E-state index contributed by atoms with van der Waals surface area (Å²) in [7, 11) is 0. The number of nitrogens with zero attached hydrogens (tertiary/aromatic N) is 1. The van der Waals surface area contributed by atoms with Crippen LogP contribution in [0.1, 0.15) is 23.0 Å². The van der Waals surface area contributed by atoms with E-state index in [2.05, 4.69) is 16.9 Å². The second-order valence-electron chi connectivity index (χ2n) is 3.77. The first kappa shape index (κ1) is 13.9. The van der Waals surface area contributed by atoms with Gasteiger partial charge in [-0.1, -0.05) is 6.08 Å². The van der Waals surface area contributed by atoms with Crippen LogP contribution in [0.15, 0.2) is 31.0 Å². The van der Waals surface area contributed by atoms with Crippen LogP contribution < -0.4 is 5.32 Å². The van der Waals surface area contributed by atoms with Crippen LogP contribution in [0.4, 0.5) is 0 Å². The van der Waals surface area contributed by atoms with Crippen molar-refractivity contribution < 1.29 is 14.3 Å². The first-order valence-electron chi connectivity index (χ1n) is 5.57. The number of carbonyl (C=O) groups excluding carboxylic acids is 2. The Bertz CT molecular complexity index is 440. The van der Waals surface area contributed by atoms with E-state index in [0.29, 0.717) is 12.1 Å². The summed E-state index contributed by atoms with van der Waals surface area (Å²) in [6.45, 7) is 7.15. The van der Waals surface area contributed by atoms with E-state index < -0.39 is 12.1 Å². The number of pyridine rings is 1. The highest BCUT2D eigenvalue weighted by atomic mass is 16.5. The summed E-state index contributed by atoms with van der Waals surface area (Å²) in [4.78, 5) is 27.1. The van der Waals surface area contributed by atoms with Gasteiger partial charge >= 0.3 is 5.97 Å². The normalized spacial score (nSPS) is 11.4. The topological polar surface area (TPSA) is 68.3 Å². The lowest BCUT2D eigenvalue weighted by Crippen LogP contribution is -2.35. The fourth-order valence-electron chi connectivity index (χ4n) is 1.19. The number of hydrogen-bond acceptors (Lipinski definition) is 4. The van der Waals surface area contributed by atoms with Crippen molar-refractivity contribution in [1.82, 2.24) is 10.3 Å². The Balaban J connectivity index is 2.56. The number of ether oxygens (including phenoxy) is 1. The maximum Gasteiger partial charge on any atom is 0.340 e. The molecule has 1 aromatic rings. The summed E-state index contributed by atoms with van der Waals surface area (Å²) in [5, 5.41) is 2.55. The Hall–Kier alpha value is -2.17. The van der Waals surface area contributed by atoms with Gasteiger partial charge in [-0.3, -0.25) is 9.78 Å². The number of aryl methyl sites for hydroxylation is 1. The molecule has 18 heavy (non-hydrogen) atoms. The number of esters is 1.